The Bertz CT molecular complexity index is 1080. The number of ether oxygens (including phenoxy) is 2. The number of hydrogen-bond donors (Lipinski definition) is 0. The van der Waals surface area contributed by atoms with E-state index in [4.69, 9.17) is 9.47 Å². The van der Waals surface area contributed by atoms with E-state index < -0.39 is 18.2 Å². The van der Waals surface area contributed by atoms with Gasteiger partial charge in [-0.05, 0) is 16.7 Å². The van der Waals surface area contributed by atoms with Gasteiger partial charge in [-0.3, -0.25) is 4.90 Å². The lowest BCUT2D eigenvalue weighted by molar-refractivity contribution is 0.00166. The zero-order chi connectivity index (χ0) is 21.5. The Morgan fingerprint density at radius 2 is 1.48 bits per heavy atom. The van der Waals surface area contributed by atoms with Crippen molar-refractivity contribution in [1.82, 2.24) is 4.90 Å². The highest BCUT2D eigenvalue weighted by atomic mass is 16.6. The second-order valence-corrected chi connectivity index (χ2v) is 7.18. The third kappa shape index (κ3) is 4.76. The number of benzene rings is 3. The summed E-state index contributed by atoms with van der Waals surface area (Å²) in [5, 5.41) is 9.23. The first-order valence-corrected chi connectivity index (χ1v) is 10.1. The van der Waals surface area contributed by atoms with Crippen LogP contribution in [0.4, 0.5) is 4.79 Å². The maximum absolute atomic E-state index is 13.2. The van der Waals surface area contributed by atoms with Crippen molar-refractivity contribution in [2.45, 2.75) is 25.2 Å². The highest BCUT2D eigenvalue weighted by Crippen LogP contribution is 2.42. The fraction of sp³-hybridized carbons (Fsp3) is 0.154. The van der Waals surface area contributed by atoms with E-state index >= 15 is 0 Å². The first-order valence-electron chi connectivity index (χ1n) is 10.1. The minimum atomic E-state index is -0.489. The molecule has 1 aliphatic rings. The largest absolute Gasteiger partial charge is 0.485 e. The van der Waals surface area contributed by atoms with Crippen molar-refractivity contribution >= 4 is 6.09 Å². The average Bonchev–Trinajstić information content (AvgIpc) is 2.84. The van der Waals surface area contributed by atoms with Crippen LogP contribution < -0.4 is 0 Å². The van der Waals surface area contributed by atoms with Crippen molar-refractivity contribution in [3.63, 3.8) is 0 Å². The number of nitriles is 1. The quantitative estimate of drug-likeness (QED) is 0.526. The molecule has 4 rings (SSSR count). The first-order chi connectivity index (χ1) is 15.3. The third-order valence-corrected chi connectivity index (χ3v) is 5.09. The van der Waals surface area contributed by atoms with Crippen LogP contribution in [0.1, 0.15) is 35.3 Å². The maximum atomic E-state index is 13.2. The standard InChI is InChI=1S/C26H22N2O3/c27-17-16-23-18-28(26(29)30-19-20-10-4-1-5-11-20)24(21-12-6-2-7-13-21)25(31-23)22-14-8-3-9-15-22/h1-15,18,24-25H,16,19H2/t24-,25+/m1/s1. The van der Waals surface area contributed by atoms with E-state index in [1.54, 1.807) is 11.1 Å². The molecule has 0 aromatic heterocycles. The van der Waals surface area contributed by atoms with Crippen LogP contribution >= 0.6 is 0 Å². The molecule has 0 radical (unpaired) electrons. The zero-order valence-electron chi connectivity index (χ0n) is 16.9. The number of rotatable bonds is 5. The molecule has 154 valence electrons. The Morgan fingerprint density at radius 1 is 0.903 bits per heavy atom. The van der Waals surface area contributed by atoms with Gasteiger partial charge in [0.2, 0.25) is 0 Å². The van der Waals surface area contributed by atoms with Gasteiger partial charge in [-0.15, -0.1) is 0 Å². The van der Waals surface area contributed by atoms with Gasteiger partial charge in [-0.1, -0.05) is 91.0 Å². The lowest BCUT2D eigenvalue weighted by atomic mass is 9.93. The molecule has 0 bridgehead atoms. The molecular weight excluding hydrogens is 388 g/mol. The van der Waals surface area contributed by atoms with Gasteiger partial charge in [0.25, 0.3) is 0 Å². The Balaban J connectivity index is 1.70. The summed E-state index contributed by atoms with van der Waals surface area (Å²) in [4.78, 5) is 14.8. The molecular formula is C26H22N2O3. The van der Waals surface area contributed by atoms with Gasteiger partial charge >= 0.3 is 6.09 Å². The van der Waals surface area contributed by atoms with Crippen LogP contribution in [-0.2, 0) is 16.1 Å². The number of carbonyl (C=O) groups is 1. The fourth-order valence-electron chi connectivity index (χ4n) is 3.64. The molecule has 0 saturated carbocycles. The maximum Gasteiger partial charge on any atom is 0.414 e. The van der Waals surface area contributed by atoms with Crippen molar-refractivity contribution in [3.05, 3.63) is 120 Å². The van der Waals surface area contributed by atoms with Crippen molar-refractivity contribution in [1.29, 1.82) is 5.26 Å². The number of allylic oxidation sites excluding steroid dienone is 1. The fourth-order valence-corrected chi connectivity index (χ4v) is 3.64. The van der Waals surface area contributed by atoms with E-state index in [1.807, 2.05) is 91.0 Å². The van der Waals surface area contributed by atoms with Crippen LogP contribution in [0.3, 0.4) is 0 Å². The molecule has 0 fully saturated rings. The van der Waals surface area contributed by atoms with Crippen LogP contribution in [0.2, 0.25) is 0 Å². The normalized spacial score (nSPS) is 17.8. The van der Waals surface area contributed by atoms with E-state index in [9.17, 15) is 10.1 Å². The summed E-state index contributed by atoms with van der Waals surface area (Å²) in [6, 6.07) is 30.6. The Kier molecular flexibility index (Phi) is 6.29. The van der Waals surface area contributed by atoms with E-state index in [1.165, 1.54) is 0 Å². The van der Waals surface area contributed by atoms with Gasteiger partial charge < -0.3 is 9.47 Å². The minimum Gasteiger partial charge on any atom is -0.485 e. The van der Waals surface area contributed by atoms with E-state index in [0.717, 1.165) is 16.7 Å². The van der Waals surface area contributed by atoms with Gasteiger partial charge in [0.05, 0.1) is 18.7 Å². The van der Waals surface area contributed by atoms with Crippen LogP contribution in [0.5, 0.6) is 0 Å². The van der Waals surface area contributed by atoms with Gasteiger partial charge in [-0.25, -0.2) is 4.79 Å². The van der Waals surface area contributed by atoms with Crippen LogP contribution in [0.15, 0.2) is 103 Å². The van der Waals surface area contributed by atoms with Crippen molar-refractivity contribution < 1.29 is 14.3 Å². The van der Waals surface area contributed by atoms with Crippen LogP contribution in [0, 0.1) is 11.3 Å². The van der Waals surface area contributed by atoms with Crippen molar-refractivity contribution in [2.75, 3.05) is 0 Å². The predicted molar refractivity (Wildman–Crippen MR) is 116 cm³/mol. The second kappa shape index (κ2) is 9.64. The molecule has 3 aromatic carbocycles. The second-order valence-electron chi connectivity index (χ2n) is 7.18. The molecule has 31 heavy (non-hydrogen) atoms. The Labute approximate surface area is 181 Å². The number of nitrogens with zero attached hydrogens (tertiary/aromatic N) is 2. The lowest BCUT2D eigenvalue weighted by Gasteiger charge is -2.39. The molecule has 5 nitrogen and oxygen atoms in total. The monoisotopic (exact) mass is 410 g/mol. The molecule has 0 saturated heterocycles. The van der Waals surface area contributed by atoms with E-state index in [-0.39, 0.29) is 13.0 Å². The van der Waals surface area contributed by atoms with Gasteiger partial charge in [0, 0.05) is 0 Å². The van der Waals surface area contributed by atoms with Crippen LogP contribution in [0.25, 0.3) is 0 Å². The summed E-state index contributed by atoms with van der Waals surface area (Å²) in [6.07, 6.45) is 0.694. The first kappa shape index (κ1) is 20.2. The van der Waals surface area contributed by atoms with Crippen molar-refractivity contribution in [3.8, 4) is 6.07 Å². The average molecular weight is 410 g/mol. The summed E-state index contributed by atoms with van der Waals surface area (Å²) in [5.41, 5.74) is 2.74. The SMILES string of the molecule is N#CCC1=CN(C(=O)OCc2ccccc2)[C@H](c2ccccc2)[C@H](c2ccccc2)O1. The lowest BCUT2D eigenvalue weighted by Crippen LogP contribution is -2.38. The Morgan fingerprint density at radius 3 is 2.10 bits per heavy atom. The molecule has 2 atom stereocenters. The summed E-state index contributed by atoms with van der Waals surface area (Å²) >= 11 is 0. The van der Waals surface area contributed by atoms with Gasteiger partial charge in [0.1, 0.15) is 24.5 Å². The highest BCUT2D eigenvalue weighted by Gasteiger charge is 2.39. The zero-order valence-corrected chi connectivity index (χ0v) is 16.9. The third-order valence-electron chi connectivity index (χ3n) is 5.09. The van der Waals surface area contributed by atoms with Crippen LogP contribution in [-0.4, -0.2) is 11.0 Å². The van der Waals surface area contributed by atoms with Gasteiger partial charge in [-0.2, -0.15) is 5.26 Å². The van der Waals surface area contributed by atoms with Crippen molar-refractivity contribution in [2.24, 2.45) is 0 Å². The summed E-state index contributed by atoms with van der Waals surface area (Å²) in [5.74, 6) is 0.431. The number of carbonyl (C=O) groups excluding carboxylic acids is 1. The van der Waals surface area contributed by atoms with E-state index in [0.29, 0.717) is 5.76 Å². The molecule has 1 aliphatic heterocycles. The molecule has 0 aliphatic carbocycles. The highest BCUT2D eigenvalue weighted by molar-refractivity contribution is 5.70. The minimum absolute atomic E-state index is 0.0628. The Hall–Kier alpha value is -4.04. The van der Waals surface area contributed by atoms with E-state index in [2.05, 4.69) is 6.07 Å². The predicted octanol–water partition coefficient (Wildman–Crippen LogP) is 5.89. The summed E-state index contributed by atoms with van der Waals surface area (Å²) < 4.78 is 11.8. The summed E-state index contributed by atoms with van der Waals surface area (Å²) in [7, 11) is 0. The molecule has 5 heteroatoms. The van der Waals surface area contributed by atoms with Gasteiger partial charge in [0.15, 0.2) is 0 Å². The molecule has 1 heterocycles. The molecule has 1 amide bonds. The topological polar surface area (TPSA) is 62.6 Å². The number of amides is 1. The molecule has 3 aromatic rings. The summed E-state index contributed by atoms with van der Waals surface area (Å²) in [6.45, 7) is 0.163. The molecule has 0 spiro atoms. The molecule has 0 unspecified atom stereocenters. The molecule has 0 N–H and O–H groups in total. The smallest absolute Gasteiger partial charge is 0.414 e. The number of hydrogen-bond acceptors (Lipinski definition) is 4.